The Labute approximate surface area is 112 Å². The van der Waals surface area contributed by atoms with Crippen LogP contribution in [0.5, 0.6) is 5.75 Å². The first-order valence-electron chi connectivity index (χ1n) is 3.36. The maximum absolute atomic E-state index is 5.24. The maximum atomic E-state index is 5.24. The van der Waals surface area contributed by atoms with Crippen LogP contribution in [0.4, 0.5) is 0 Å². The van der Waals surface area contributed by atoms with E-state index in [4.69, 9.17) is 4.74 Å². The Morgan fingerprint density at radius 2 is 1.85 bits per heavy atom. The van der Waals surface area contributed by atoms with E-state index in [9.17, 15) is 0 Å². The van der Waals surface area contributed by atoms with Gasteiger partial charge in [0.25, 0.3) is 0 Å². The third kappa shape index (κ3) is 3.98. The van der Waals surface area contributed by atoms with Crippen LogP contribution in [0.2, 0.25) is 0 Å². The molecule has 1 heterocycles. The third-order valence-electron chi connectivity index (χ3n) is 1.60. The molecule has 0 fully saturated rings. The normalized spacial score (nSPS) is 10.8. The van der Waals surface area contributed by atoms with Gasteiger partial charge in [0.15, 0.2) is 0 Å². The topological polar surface area (TPSA) is 9.23 Å². The average Bonchev–Trinajstić information content (AvgIpc) is 2.05. The number of rotatable bonds is 0. The zero-order valence-electron chi connectivity index (χ0n) is 7.20. The first kappa shape index (κ1) is 15.9. The standard InChI is InChI=1S/C9H8O.Al.Co.Zn/c1-2-6-9-8(4-1)5-3-7-10-9;;;/h1-4,6-7H,5H2;;;. The minimum atomic E-state index is 0. The summed E-state index contributed by atoms with van der Waals surface area (Å²) in [6.45, 7) is 0. The van der Waals surface area contributed by atoms with E-state index >= 15 is 0 Å². The first-order valence-corrected chi connectivity index (χ1v) is 3.36. The van der Waals surface area contributed by atoms with Crippen molar-refractivity contribution in [1.29, 1.82) is 0 Å². The Kier molecular flexibility index (Phi) is 9.52. The van der Waals surface area contributed by atoms with Crippen LogP contribution in [0.25, 0.3) is 0 Å². The number of hydrogen-bond acceptors (Lipinski definition) is 1. The fourth-order valence-corrected chi connectivity index (χ4v) is 1.08. The van der Waals surface area contributed by atoms with Gasteiger partial charge in [-0.15, -0.1) is 0 Å². The van der Waals surface area contributed by atoms with Crippen molar-refractivity contribution in [2.24, 2.45) is 0 Å². The van der Waals surface area contributed by atoms with Crippen molar-refractivity contribution in [1.82, 2.24) is 0 Å². The van der Waals surface area contributed by atoms with Crippen molar-refractivity contribution in [3.8, 4) is 5.75 Å². The number of benzene rings is 1. The number of fused-ring (bicyclic) bond motifs is 1. The Morgan fingerprint density at radius 1 is 1.15 bits per heavy atom. The molecule has 0 saturated heterocycles. The summed E-state index contributed by atoms with van der Waals surface area (Å²) in [6.07, 6.45) is 4.75. The molecule has 1 aliphatic heterocycles. The maximum Gasteiger partial charge on any atom is 0.130 e. The molecule has 0 atom stereocenters. The van der Waals surface area contributed by atoms with Crippen molar-refractivity contribution in [3.05, 3.63) is 42.2 Å². The minimum Gasteiger partial charge on any atom is -0.465 e. The van der Waals surface area contributed by atoms with E-state index in [2.05, 4.69) is 6.07 Å². The molecule has 0 unspecified atom stereocenters. The Hall–Kier alpha value is 0.422. The molecular weight excluding hydrogens is 275 g/mol. The summed E-state index contributed by atoms with van der Waals surface area (Å²) >= 11 is 0. The molecule has 1 aliphatic rings. The quantitative estimate of drug-likeness (QED) is 0.659. The van der Waals surface area contributed by atoms with Gasteiger partial charge in [0, 0.05) is 53.6 Å². The van der Waals surface area contributed by atoms with Gasteiger partial charge in [-0.05, 0) is 24.1 Å². The van der Waals surface area contributed by atoms with Gasteiger partial charge in [0.1, 0.15) is 5.75 Å². The van der Waals surface area contributed by atoms with Crippen LogP contribution >= 0.6 is 0 Å². The van der Waals surface area contributed by atoms with Crippen LogP contribution in [0.3, 0.4) is 0 Å². The van der Waals surface area contributed by atoms with Gasteiger partial charge < -0.3 is 4.74 Å². The zero-order chi connectivity index (χ0) is 6.81. The molecule has 13 heavy (non-hydrogen) atoms. The summed E-state index contributed by atoms with van der Waals surface area (Å²) in [4.78, 5) is 0. The molecule has 4 heteroatoms. The molecule has 0 aliphatic carbocycles. The summed E-state index contributed by atoms with van der Waals surface area (Å²) < 4.78 is 5.24. The predicted molar refractivity (Wildman–Crippen MR) is 45.7 cm³/mol. The molecule has 1 nitrogen and oxygen atoms in total. The van der Waals surface area contributed by atoms with E-state index in [-0.39, 0.29) is 53.6 Å². The van der Waals surface area contributed by atoms with Crippen molar-refractivity contribution in [2.75, 3.05) is 0 Å². The second kappa shape index (κ2) is 7.79. The third-order valence-corrected chi connectivity index (χ3v) is 1.60. The van der Waals surface area contributed by atoms with Gasteiger partial charge in [-0.2, -0.15) is 0 Å². The molecule has 4 radical (unpaired) electrons. The number of allylic oxidation sites excluding steroid dienone is 1. The van der Waals surface area contributed by atoms with Gasteiger partial charge in [-0.1, -0.05) is 18.2 Å². The Morgan fingerprint density at radius 3 is 2.54 bits per heavy atom. The largest absolute Gasteiger partial charge is 0.465 e. The monoisotopic (exact) mass is 282 g/mol. The van der Waals surface area contributed by atoms with E-state index in [0.717, 1.165) is 12.2 Å². The summed E-state index contributed by atoms with van der Waals surface area (Å²) in [5, 5.41) is 0. The van der Waals surface area contributed by atoms with Crippen LogP contribution in [0.1, 0.15) is 5.56 Å². The van der Waals surface area contributed by atoms with Crippen LogP contribution < -0.4 is 4.74 Å². The predicted octanol–water partition coefficient (Wildman–Crippen LogP) is 1.75. The van der Waals surface area contributed by atoms with Crippen LogP contribution in [-0.4, -0.2) is 17.4 Å². The molecule has 64 valence electrons. The van der Waals surface area contributed by atoms with Gasteiger partial charge >= 0.3 is 0 Å². The van der Waals surface area contributed by atoms with Crippen molar-refractivity contribution in [3.63, 3.8) is 0 Å². The number of para-hydroxylation sites is 1. The average molecular weight is 283 g/mol. The molecule has 0 saturated carbocycles. The van der Waals surface area contributed by atoms with E-state index < -0.39 is 0 Å². The fraction of sp³-hybridized carbons (Fsp3) is 0.111. The minimum absolute atomic E-state index is 0. The van der Waals surface area contributed by atoms with Gasteiger partial charge in [-0.3, -0.25) is 0 Å². The van der Waals surface area contributed by atoms with E-state index in [0.29, 0.717) is 0 Å². The van der Waals surface area contributed by atoms with Crippen molar-refractivity contribution >= 4 is 17.4 Å². The van der Waals surface area contributed by atoms with E-state index in [1.54, 1.807) is 6.26 Å². The van der Waals surface area contributed by atoms with Crippen LogP contribution in [-0.2, 0) is 42.7 Å². The molecule has 2 rings (SSSR count). The second-order valence-electron chi connectivity index (χ2n) is 2.30. The van der Waals surface area contributed by atoms with E-state index in [1.807, 2.05) is 24.3 Å². The van der Waals surface area contributed by atoms with E-state index in [1.165, 1.54) is 5.56 Å². The first-order chi connectivity index (χ1) is 4.97. The number of hydrogen-bond donors (Lipinski definition) is 0. The molecular formula is C9H8AlCoOZn. The SMILES string of the molecule is C1=COc2ccccc2C1.[Al].[Co].[Zn]. The molecule has 1 aromatic carbocycles. The second-order valence-corrected chi connectivity index (χ2v) is 2.30. The summed E-state index contributed by atoms with van der Waals surface area (Å²) in [7, 11) is 0. The fourth-order valence-electron chi connectivity index (χ4n) is 1.08. The number of ether oxygens (including phenoxy) is 1. The van der Waals surface area contributed by atoms with Gasteiger partial charge in [-0.25, -0.2) is 0 Å². The smallest absolute Gasteiger partial charge is 0.130 e. The molecule has 0 amide bonds. The summed E-state index contributed by atoms with van der Waals surface area (Å²) in [6, 6.07) is 8.08. The Balaban J connectivity index is 0. The Bertz CT molecular complexity index is 251. The zero-order valence-corrected chi connectivity index (χ0v) is 12.4. The molecule has 0 aromatic heterocycles. The van der Waals surface area contributed by atoms with Crippen molar-refractivity contribution in [2.45, 2.75) is 6.42 Å². The summed E-state index contributed by atoms with van der Waals surface area (Å²) in [5.41, 5.74) is 1.27. The van der Waals surface area contributed by atoms with Crippen LogP contribution in [0.15, 0.2) is 36.6 Å². The molecule has 0 N–H and O–H groups in total. The van der Waals surface area contributed by atoms with Crippen LogP contribution in [0, 0.1) is 0 Å². The summed E-state index contributed by atoms with van der Waals surface area (Å²) in [5.74, 6) is 0.991. The molecule has 0 spiro atoms. The molecule has 1 aromatic rings. The van der Waals surface area contributed by atoms with Gasteiger partial charge in [0.05, 0.1) is 6.26 Å². The van der Waals surface area contributed by atoms with Crippen molar-refractivity contribution < 1.29 is 41.0 Å². The molecule has 0 bridgehead atoms. The van der Waals surface area contributed by atoms with Gasteiger partial charge in [0.2, 0.25) is 0 Å².